The Morgan fingerprint density at radius 2 is 1.67 bits per heavy atom. The van der Waals surface area contributed by atoms with Crippen LogP contribution in [0.15, 0.2) is 0 Å². The summed E-state index contributed by atoms with van der Waals surface area (Å²) in [6.45, 7) is -0.498. The van der Waals surface area contributed by atoms with Crippen molar-refractivity contribution in [3.8, 4) is 0 Å². The Hall–Kier alpha value is -0.850. The monoisotopic (exact) mass is 354 g/mol. The van der Waals surface area contributed by atoms with E-state index in [-0.39, 0.29) is 5.97 Å². The fourth-order valence-electron chi connectivity index (χ4n) is 2.09. The molecular formula is C14H30N2O8. The summed E-state index contributed by atoms with van der Waals surface area (Å²) in [5.41, 5.74) is 0. The van der Waals surface area contributed by atoms with Crippen LogP contribution in [0.25, 0.3) is 0 Å². The number of hydrogen-bond acceptors (Lipinski definition) is 10. The van der Waals surface area contributed by atoms with Gasteiger partial charge in [-0.1, -0.05) is 6.42 Å². The molecule has 10 heteroatoms. The van der Waals surface area contributed by atoms with Gasteiger partial charge in [0.05, 0.1) is 13.7 Å². The summed E-state index contributed by atoms with van der Waals surface area (Å²) in [7, 11) is 2.95. The van der Waals surface area contributed by atoms with E-state index in [0.717, 1.165) is 0 Å². The van der Waals surface area contributed by atoms with E-state index >= 15 is 0 Å². The van der Waals surface area contributed by atoms with Crippen LogP contribution in [0.2, 0.25) is 0 Å². The number of aliphatic hydroxyl groups excluding tert-OH is 6. The molecule has 0 saturated carbocycles. The average Bonchev–Trinajstić information content (AvgIpc) is 2.60. The highest BCUT2D eigenvalue weighted by Gasteiger charge is 2.33. The van der Waals surface area contributed by atoms with Gasteiger partial charge in [0, 0.05) is 0 Å². The minimum Gasteiger partial charge on any atom is -0.468 e. The van der Waals surface area contributed by atoms with Crippen LogP contribution >= 0.6 is 0 Å². The standard InChI is InChI=1S/C14H30N2O8/c1-15-8(14(23)24-2)5-3-4-6-16-13(22)12(21)11(20)10(19)9(18)7-17/h8-13,15-22H,3-7H2,1-2H3. The molecule has 0 amide bonds. The number of carbonyl (C=O) groups is 1. The van der Waals surface area contributed by atoms with Crippen LogP contribution < -0.4 is 10.6 Å². The van der Waals surface area contributed by atoms with Gasteiger partial charge in [-0.3, -0.25) is 10.1 Å². The van der Waals surface area contributed by atoms with Crippen LogP contribution in [0, 0.1) is 0 Å². The van der Waals surface area contributed by atoms with Gasteiger partial charge in [-0.25, -0.2) is 0 Å². The number of esters is 1. The van der Waals surface area contributed by atoms with Gasteiger partial charge in [-0.15, -0.1) is 0 Å². The van der Waals surface area contributed by atoms with Crippen molar-refractivity contribution < 1.29 is 40.2 Å². The average molecular weight is 354 g/mol. The quantitative estimate of drug-likeness (QED) is 0.0933. The molecule has 0 fully saturated rings. The largest absolute Gasteiger partial charge is 0.468 e. The third-order valence-electron chi connectivity index (χ3n) is 3.71. The Morgan fingerprint density at radius 1 is 1.04 bits per heavy atom. The number of carbonyl (C=O) groups excluding carboxylic acids is 1. The lowest BCUT2D eigenvalue weighted by molar-refractivity contribution is -0.145. The summed E-state index contributed by atoms with van der Waals surface area (Å²) < 4.78 is 4.63. The normalized spacial score (nSPS) is 19.2. The van der Waals surface area contributed by atoms with E-state index < -0.39 is 43.3 Å². The van der Waals surface area contributed by atoms with Crippen LogP contribution in [0.5, 0.6) is 0 Å². The number of methoxy groups -OCH3 is 1. The number of hydrogen-bond donors (Lipinski definition) is 8. The molecule has 0 aromatic heterocycles. The molecule has 0 heterocycles. The van der Waals surface area contributed by atoms with Crippen LogP contribution in [-0.4, -0.2) is 101 Å². The first-order chi connectivity index (χ1) is 11.3. The van der Waals surface area contributed by atoms with Crippen molar-refractivity contribution in [3.05, 3.63) is 0 Å². The van der Waals surface area contributed by atoms with Crippen molar-refractivity contribution in [1.29, 1.82) is 0 Å². The van der Waals surface area contributed by atoms with Gasteiger partial charge in [-0.2, -0.15) is 0 Å². The lowest BCUT2D eigenvalue weighted by Gasteiger charge is -2.28. The number of nitrogens with one attached hydrogen (secondary N) is 2. The highest BCUT2D eigenvalue weighted by molar-refractivity contribution is 5.75. The van der Waals surface area contributed by atoms with Crippen molar-refractivity contribution in [2.75, 3.05) is 27.3 Å². The minimum absolute atomic E-state index is 0.293. The summed E-state index contributed by atoms with van der Waals surface area (Å²) in [5, 5.41) is 61.8. The maximum Gasteiger partial charge on any atom is 0.322 e. The lowest BCUT2D eigenvalue weighted by Crippen LogP contribution is -2.53. The van der Waals surface area contributed by atoms with Crippen molar-refractivity contribution in [2.45, 2.75) is 55.9 Å². The van der Waals surface area contributed by atoms with E-state index in [0.29, 0.717) is 25.8 Å². The molecule has 0 rings (SSSR count). The number of rotatable bonds is 13. The van der Waals surface area contributed by atoms with Gasteiger partial charge in [0.2, 0.25) is 0 Å². The summed E-state index contributed by atoms with van der Waals surface area (Å²) >= 11 is 0. The van der Waals surface area contributed by atoms with Crippen LogP contribution in [0.3, 0.4) is 0 Å². The molecule has 0 aliphatic heterocycles. The SMILES string of the molecule is CNC(CCCCNC(O)C(O)C(O)C(O)C(O)CO)C(=O)OC. The van der Waals surface area contributed by atoms with Gasteiger partial charge >= 0.3 is 5.97 Å². The van der Waals surface area contributed by atoms with Gasteiger partial charge in [0.15, 0.2) is 0 Å². The minimum atomic E-state index is -1.83. The topological polar surface area (TPSA) is 172 Å². The highest BCUT2D eigenvalue weighted by atomic mass is 16.5. The Balaban J connectivity index is 4.08. The Labute approximate surface area is 141 Å². The molecule has 0 aliphatic rings. The number of ether oxygens (including phenoxy) is 1. The van der Waals surface area contributed by atoms with E-state index in [4.69, 9.17) is 5.11 Å². The van der Waals surface area contributed by atoms with Gasteiger partial charge < -0.3 is 40.7 Å². The molecule has 6 atom stereocenters. The molecule has 0 bridgehead atoms. The van der Waals surface area contributed by atoms with Crippen molar-refractivity contribution >= 4 is 5.97 Å². The maximum absolute atomic E-state index is 11.4. The number of unbranched alkanes of at least 4 members (excludes halogenated alkanes) is 1. The van der Waals surface area contributed by atoms with Crippen molar-refractivity contribution in [3.63, 3.8) is 0 Å². The van der Waals surface area contributed by atoms with Crippen molar-refractivity contribution in [2.24, 2.45) is 0 Å². The van der Waals surface area contributed by atoms with Gasteiger partial charge in [0.1, 0.15) is 36.7 Å². The first kappa shape index (κ1) is 23.1. The second kappa shape index (κ2) is 12.5. The molecule has 10 nitrogen and oxygen atoms in total. The first-order valence-corrected chi connectivity index (χ1v) is 7.79. The summed E-state index contributed by atoms with van der Waals surface area (Å²) in [4.78, 5) is 11.4. The smallest absolute Gasteiger partial charge is 0.322 e. The fraction of sp³-hybridized carbons (Fsp3) is 0.929. The fourth-order valence-corrected chi connectivity index (χ4v) is 2.09. The van der Waals surface area contributed by atoms with Crippen LogP contribution in [-0.2, 0) is 9.53 Å². The van der Waals surface area contributed by atoms with Gasteiger partial charge in [-0.05, 0) is 26.4 Å². The Bertz CT molecular complexity index is 347. The summed E-state index contributed by atoms with van der Waals surface area (Å²) in [6.07, 6.45) is -6.77. The van der Waals surface area contributed by atoms with Crippen LogP contribution in [0.4, 0.5) is 0 Å². The first-order valence-electron chi connectivity index (χ1n) is 7.79. The molecule has 0 radical (unpaired) electrons. The van der Waals surface area contributed by atoms with E-state index in [2.05, 4.69) is 15.4 Å². The zero-order chi connectivity index (χ0) is 18.7. The lowest BCUT2D eigenvalue weighted by atomic mass is 10.0. The molecule has 0 saturated heterocycles. The third kappa shape index (κ3) is 7.81. The zero-order valence-electron chi connectivity index (χ0n) is 14.0. The highest BCUT2D eigenvalue weighted by Crippen LogP contribution is 2.08. The van der Waals surface area contributed by atoms with Gasteiger partial charge in [0.25, 0.3) is 0 Å². The van der Waals surface area contributed by atoms with Crippen molar-refractivity contribution in [1.82, 2.24) is 10.6 Å². The van der Waals surface area contributed by atoms with E-state index in [1.807, 2.05) is 0 Å². The second-order valence-corrected chi connectivity index (χ2v) is 5.48. The van der Waals surface area contributed by atoms with E-state index in [9.17, 15) is 30.3 Å². The molecule has 24 heavy (non-hydrogen) atoms. The van der Waals surface area contributed by atoms with E-state index in [1.165, 1.54) is 7.11 Å². The predicted octanol–water partition coefficient (Wildman–Crippen LogP) is -3.74. The molecule has 8 N–H and O–H groups in total. The Morgan fingerprint density at radius 3 is 2.17 bits per heavy atom. The molecule has 144 valence electrons. The second-order valence-electron chi connectivity index (χ2n) is 5.48. The zero-order valence-corrected chi connectivity index (χ0v) is 14.0. The maximum atomic E-state index is 11.4. The summed E-state index contributed by atoms with van der Waals surface area (Å²) in [5.74, 6) is -0.361. The Kier molecular flexibility index (Phi) is 12.1. The molecule has 0 spiro atoms. The van der Waals surface area contributed by atoms with E-state index in [1.54, 1.807) is 7.05 Å². The molecule has 0 aliphatic carbocycles. The third-order valence-corrected chi connectivity index (χ3v) is 3.71. The molecular weight excluding hydrogens is 324 g/mol. The predicted molar refractivity (Wildman–Crippen MR) is 83.8 cm³/mol. The number of likely N-dealkylation sites (N-methyl/N-ethyl adjacent to an activating group) is 1. The molecule has 0 aromatic carbocycles. The number of aliphatic hydroxyl groups is 6. The molecule has 0 aromatic rings. The van der Waals surface area contributed by atoms with Crippen LogP contribution in [0.1, 0.15) is 19.3 Å². The molecule has 6 unspecified atom stereocenters. The summed E-state index contributed by atoms with van der Waals surface area (Å²) in [6, 6.07) is -0.414.